The second kappa shape index (κ2) is 6.67. The summed E-state index contributed by atoms with van der Waals surface area (Å²) in [5, 5.41) is 14.8. The number of hydrogen-bond donors (Lipinski definition) is 1. The maximum Gasteiger partial charge on any atom is 0.160 e. The van der Waals surface area contributed by atoms with E-state index in [1.165, 1.54) is 0 Å². The number of hydrogen-bond acceptors (Lipinski definition) is 2. The van der Waals surface area contributed by atoms with E-state index in [-0.39, 0.29) is 0 Å². The van der Waals surface area contributed by atoms with E-state index in [0.717, 1.165) is 50.0 Å². The molecule has 17 heavy (non-hydrogen) atoms. The summed E-state index contributed by atoms with van der Waals surface area (Å²) in [5.41, 5.74) is 1.91. The number of aromatic hydroxyl groups is 1. The maximum atomic E-state index is 10.3. The summed E-state index contributed by atoms with van der Waals surface area (Å²) in [6.07, 6.45) is 5.21. The van der Waals surface area contributed by atoms with Gasteiger partial charge < -0.3 is 5.11 Å². The summed E-state index contributed by atoms with van der Waals surface area (Å²) in [6.45, 7) is 9.54. The van der Waals surface area contributed by atoms with E-state index >= 15 is 0 Å². The molecule has 0 aromatic carbocycles. The van der Waals surface area contributed by atoms with Crippen molar-refractivity contribution >= 4 is 0 Å². The lowest BCUT2D eigenvalue weighted by Crippen LogP contribution is -2.07. The zero-order chi connectivity index (χ0) is 12.8. The zero-order valence-electron chi connectivity index (χ0n) is 11.7. The average molecular weight is 238 g/mol. The Labute approximate surface area is 105 Å². The van der Waals surface area contributed by atoms with Crippen molar-refractivity contribution in [2.75, 3.05) is 0 Å². The lowest BCUT2D eigenvalue weighted by molar-refractivity contribution is 0.445. The highest BCUT2D eigenvalue weighted by Crippen LogP contribution is 2.31. The van der Waals surface area contributed by atoms with Gasteiger partial charge in [-0.2, -0.15) is 5.10 Å². The third kappa shape index (κ3) is 3.24. The minimum absolute atomic E-state index is 0.380. The van der Waals surface area contributed by atoms with Crippen LogP contribution in [-0.4, -0.2) is 14.9 Å². The van der Waals surface area contributed by atoms with Crippen LogP contribution in [0.3, 0.4) is 0 Å². The van der Waals surface area contributed by atoms with Gasteiger partial charge in [0.1, 0.15) is 5.69 Å². The van der Waals surface area contributed by atoms with Gasteiger partial charge in [-0.15, -0.1) is 0 Å². The molecular formula is C14H26N2O. The van der Waals surface area contributed by atoms with Crippen molar-refractivity contribution in [3.63, 3.8) is 0 Å². The van der Waals surface area contributed by atoms with Crippen LogP contribution in [0.1, 0.15) is 70.7 Å². The van der Waals surface area contributed by atoms with Crippen LogP contribution in [0, 0.1) is 0 Å². The minimum atomic E-state index is 0.380. The summed E-state index contributed by atoms with van der Waals surface area (Å²) in [5.74, 6) is 0.822. The smallest absolute Gasteiger partial charge is 0.160 e. The third-order valence-electron chi connectivity index (χ3n) is 3.32. The number of nitrogens with zero attached hydrogens (tertiary/aromatic N) is 2. The molecule has 1 atom stereocenters. The van der Waals surface area contributed by atoms with E-state index in [4.69, 9.17) is 0 Å². The fourth-order valence-corrected chi connectivity index (χ4v) is 2.08. The van der Waals surface area contributed by atoms with E-state index < -0.39 is 0 Å². The molecule has 0 aliphatic carbocycles. The topological polar surface area (TPSA) is 38.0 Å². The Bertz CT molecular complexity index is 344. The van der Waals surface area contributed by atoms with Crippen LogP contribution in [0.15, 0.2) is 0 Å². The first-order valence-corrected chi connectivity index (χ1v) is 6.94. The van der Waals surface area contributed by atoms with Crippen molar-refractivity contribution in [1.82, 2.24) is 9.78 Å². The van der Waals surface area contributed by atoms with Crippen molar-refractivity contribution in [1.29, 1.82) is 0 Å². The van der Waals surface area contributed by atoms with Crippen LogP contribution in [0.25, 0.3) is 0 Å². The number of unbranched alkanes of at least 4 members (excludes halogenated alkanes) is 1. The molecule has 0 fully saturated rings. The van der Waals surface area contributed by atoms with Crippen LogP contribution in [0.2, 0.25) is 0 Å². The van der Waals surface area contributed by atoms with E-state index in [1.54, 1.807) is 0 Å². The number of aromatic nitrogens is 2. The normalized spacial score (nSPS) is 12.9. The quantitative estimate of drug-likeness (QED) is 0.783. The molecule has 0 saturated carbocycles. The fraction of sp³-hybridized carbons (Fsp3) is 0.786. The lowest BCUT2D eigenvalue weighted by atomic mass is 10.0. The molecule has 3 heteroatoms. The van der Waals surface area contributed by atoms with Crippen LogP contribution in [-0.2, 0) is 13.0 Å². The van der Waals surface area contributed by atoms with Crippen LogP contribution < -0.4 is 0 Å². The van der Waals surface area contributed by atoms with Gasteiger partial charge in [-0.25, -0.2) is 0 Å². The maximum absolute atomic E-state index is 10.3. The molecule has 1 aromatic heterocycles. The van der Waals surface area contributed by atoms with Crippen molar-refractivity contribution < 1.29 is 5.11 Å². The summed E-state index contributed by atoms with van der Waals surface area (Å²) in [4.78, 5) is 0. The van der Waals surface area contributed by atoms with E-state index in [9.17, 15) is 5.11 Å². The van der Waals surface area contributed by atoms with Gasteiger partial charge in [0, 0.05) is 12.5 Å². The molecule has 0 saturated heterocycles. The first-order chi connectivity index (χ1) is 8.15. The highest BCUT2D eigenvalue weighted by molar-refractivity contribution is 5.34. The van der Waals surface area contributed by atoms with E-state index in [1.807, 2.05) is 4.68 Å². The van der Waals surface area contributed by atoms with Crippen molar-refractivity contribution in [3.05, 3.63) is 11.4 Å². The van der Waals surface area contributed by atoms with Gasteiger partial charge in [0.2, 0.25) is 0 Å². The van der Waals surface area contributed by atoms with Gasteiger partial charge in [-0.3, -0.25) is 4.68 Å². The first-order valence-electron chi connectivity index (χ1n) is 6.94. The highest BCUT2D eigenvalue weighted by Gasteiger charge is 2.20. The van der Waals surface area contributed by atoms with Gasteiger partial charge in [0.25, 0.3) is 0 Å². The Morgan fingerprint density at radius 2 is 1.94 bits per heavy atom. The average Bonchev–Trinajstić information content (AvgIpc) is 2.63. The predicted molar refractivity (Wildman–Crippen MR) is 71.5 cm³/mol. The first kappa shape index (κ1) is 14.1. The summed E-state index contributed by atoms with van der Waals surface area (Å²) in [6, 6.07) is 0. The minimum Gasteiger partial charge on any atom is -0.504 e. The summed E-state index contributed by atoms with van der Waals surface area (Å²) >= 11 is 0. The monoisotopic (exact) mass is 238 g/mol. The number of rotatable bonds is 7. The Morgan fingerprint density at radius 3 is 2.47 bits per heavy atom. The molecule has 1 N–H and O–H groups in total. The molecule has 1 aromatic rings. The number of aryl methyl sites for hydroxylation is 2. The molecule has 1 rings (SSSR count). The Hall–Kier alpha value is -0.990. The van der Waals surface area contributed by atoms with Gasteiger partial charge in [0.05, 0.1) is 5.69 Å². The van der Waals surface area contributed by atoms with E-state index in [2.05, 4.69) is 32.8 Å². The fourth-order valence-electron chi connectivity index (χ4n) is 2.08. The Morgan fingerprint density at radius 1 is 1.24 bits per heavy atom. The Balaban J connectivity index is 3.03. The van der Waals surface area contributed by atoms with Gasteiger partial charge in [-0.1, -0.05) is 40.5 Å². The molecule has 0 spiro atoms. The van der Waals surface area contributed by atoms with Crippen LogP contribution in [0.5, 0.6) is 5.75 Å². The molecule has 0 amide bonds. The lowest BCUT2D eigenvalue weighted by Gasteiger charge is -2.12. The second-order valence-electron chi connectivity index (χ2n) is 4.82. The van der Waals surface area contributed by atoms with Crippen molar-refractivity contribution in [3.8, 4) is 5.75 Å². The molecule has 0 aliphatic rings. The molecule has 3 nitrogen and oxygen atoms in total. The van der Waals surface area contributed by atoms with Gasteiger partial charge >= 0.3 is 0 Å². The molecule has 1 heterocycles. The molecule has 0 bridgehead atoms. The molecule has 98 valence electrons. The standard InChI is InChI=1S/C14H26N2O/c1-5-8-10-16-13(11(4)7-3)14(17)12(15-16)9-6-2/h11,17H,5-10H2,1-4H3. The van der Waals surface area contributed by atoms with Crippen molar-refractivity contribution in [2.45, 2.75) is 72.3 Å². The van der Waals surface area contributed by atoms with Crippen molar-refractivity contribution in [2.24, 2.45) is 0 Å². The summed E-state index contributed by atoms with van der Waals surface area (Å²) in [7, 11) is 0. The van der Waals surface area contributed by atoms with Gasteiger partial charge in [-0.05, 0) is 19.3 Å². The molecule has 0 radical (unpaired) electrons. The molecule has 1 unspecified atom stereocenters. The highest BCUT2D eigenvalue weighted by atomic mass is 16.3. The largest absolute Gasteiger partial charge is 0.504 e. The molecular weight excluding hydrogens is 212 g/mol. The zero-order valence-corrected chi connectivity index (χ0v) is 11.7. The molecule has 0 aliphatic heterocycles. The van der Waals surface area contributed by atoms with Gasteiger partial charge in [0.15, 0.2) is 5.75 Å². The predicted octanol–water partition coefficient (Wildman–Crippen LogP) is 3.85. The second-order valence-corrected chi connectivity index (χ2v) is 4.82. The van der Waals surface area contributed by atoms with Crippen LogP contribution >= 0.6 is 0 Å². The summed E-state index contributed by atoms with van der Waals surface area (Å²) < 4.78 is 2.03. The van der Waals surface area contributed by atoms with E-state index in [0.29, 0.717) is 11.7 Å². The Kier molecular flexibility index (Phi) is 5.52. The van der Waals surface area contributed by atoms with Crippen LogP contribution in [0.4, 0.5) is 0 Å². The third-order valence-corrected chi connectivity index (χ3v) is 3.32. The SMILES string of the molecule is CCCCn1nc(CCC)c(O)c1C(C)CC.